The van der Waals surface area contributed by atoms with E-state index in [1.807, 2.05) is 0 Å². The van der Waals surface area contributed by atoms with Gasteiger partial charge in [-0.2, -0.15) is 4.99 Å². The third kappa shape index (κ3) is 2.83. The quantitative estimate of drug-likeness (QED) is 0.392. The summed E-state index contributed by atoms with van der Waals surface area (Å²) < 4.78 is 7.61. The second-order valence-corrected chi connectivity index (χ2v) is 6.75. The molecule has 0 radical (unpaired) electrons. The van der Waals surface area contributed by atoms with Crippen LogP contribution in [0.5, 0.6) is 0 Å². The smallest absolute Gasteiger partial charge is 0.286 e. The van der Waals surface area contributed by atoms with Gasteiger partial charge in [-0.1, -0.05) is 23.5 Å². The molecule has 0 fully saturated rings. The van der Waals surface area contributed by atoms with E-state index in [0.717, 1.165) is 17.6 Å². The van der Waals surface area contributed by atoms with Crippen molar-refractivity contribution in [2.75, 3.05) is 0 Å². The van der Waals surface area contributed by atoms with Crippen molar-refractivity contribution in [3.8, 4) is 0 Å². The van der Waals surface area contributed by atoms with Gasteiger partial charge < -0.3 is 8.98 Å². The summed E-state index contributed by atoms with van der Waals surface area (Å²) in [7, 11) is 1.69. The van der Waals surface area contributed by atoms with Crippen LogP contribution in [0.15, 0.2) is 62.9 Å². The first-order chi connectivity index (χ1) is 13.0. The van der Waals surface area contributed by atoms with Gasteiger partial charge in [0.05, 0.1) is 20.5 Å². The first kappa shape index (κ1) is 16.9. The number of benzene rings is 2. The van der Waals surface area contributed by atoms with Crippen LogP contribution in [0.3, 0.4) is 0 Å². The Hall–Kier alpha value is -3.59. The van der Waals surface area contributed by atoms with Gasteiger partial charge in [0.1, 0.15) is 17.4 Å². The van der Waals surface area contributed by atoms with E-state index >= 15 is 0 Å². The van der Waals surface area contributed by atoms with E-state index in [2.05, 4.69) is 4.99 Å². The number of fused-ring (bicyclic) bond motifs is 2. The maximum Gasteiger partial charge on any atom is 0.286 e. The normalized spacial score (nSPS) is 12.0. The van der Waals surface area contributed by atoms with Gasteiger partial charge in [0.15, 0.2) is 4.80 Å². The zero-order valence-electron chi connectivity index (χ0n) is 13.9. The van der Waals surface area contributed by atoms with E-state index < -0.39 is 16.3 Å². The highest BCUT2D eigenvalue weighted by molar-refractivity contribution is 7.16. The highest BCUT2D eigenvalue weighted by atomic mass is 32.1. The Kier molecular flexibility index (Phi) is 3.93. The van der Waals surface area contributed by atoms with Crippen molar-refractivity contribution in [3.05, 3.63) is 79.4 Å². The molecule has 0 N–H and O–H groups in total. The maximum absolute atomic E-state index is 12.5. The van der Waals surface area contributed by atoms with Crippen molar-refractivity contribution in [1.82, 2.24) is 4.57 Å². The molecule has 4 aromatic rings. The lowest BCUT2D eigenvalue weighted by Crippen LogP contribution is -2.18. The van der Waals surface area contributed by atoms with Gasteiger partial charge in [0, 0.05) is 19.2 Å². The number of rotatable bonds is 2. The molecular weight excluding hydrogens is 370 g/mol. The number of aromatic nitrogens is 1. The van der Waals surface area contributed by atoms with Crippen molar-refractivity contribution >= 4 is 44.1 Å². The van der Waals surface area contributed by atoms with Crippen LogP contribution in [0.4, 0.5) is 5.69 Å². The predicted octanol–water partition coefficient (Wildman–Crippen LogP) is 3.00. The molecule has 0 aliphatic rings. The van der Waals surface area contributed by atoms with E-state index in [-0.39, 0.29) is 11.3 Å². The summed E-state index contributed by atoms with van der Waals surface area (Å²) in [5, 5.41) is 11.2. The number of nitro groups is 1. The van der Waals surface area contributed by atoms with E-state index in [0.29, 0.717) is 26.0 Å². The van der Waals surface area contributed by atoms with Gasteiger partial charge in [-0.25, -0.2) is 0 Å². The first-order valence-electron chi connectivity index (χ1n) is 7.79. The third-order valence-corrected chi connectivity index (χ3v) is 5.21. The van der Waals surface area contributed by atoms with E-state index in [4.69, 9.17) is 4.42 Å². The number of aryl methyl sites for hydroxylation is 1. The molecule has 8 nitrogen and oxygen atoms in total. The van der Waals surface area contributed by atoms with Gasteiger partial charge in [0.25, 0.3) is 11.6 Å². The topological polar surface area (TPSA) is 108 Å². The molecule has 1 amide bonds. The average Bonchev–Trinajstić information content (AvgIpc) is 2.97. The molecule has 0 unspecified atom stereocenters. The number of nitrogens with zero attached hydrogens (tertiary/aromatic N) is 3. The molecule has 0 aliphatic heterocycles. The summed E-state index contributed by atoms with van der Waals surface area (Å²) >= 11 is 1.13. The molecule has 0 spiro atoms. The molecule has 134 valence electrons. The highest BCUT2D eigenvalue weighted by Gasteiger charge is 2.15. The molecule has 2 aromatic heterocycles. The third-order valence-electron chi connectivity index (χ3n) is 4.11. The molecule has 27 heavy (non-hydrogen) atoms. The minimum atomic E-state index is -0.730. The summed E-state index contributed by atoms with van der Waals surface area (Å²) in [6.45, 7) is 0. The standard InChI is InChI=1S/C18H11N3O5S/c1-20-13-7-6-10(21(24)25)8-15(13)27-18(20)19-17(23)12-9-26-14-5-3-2-4-11(14)16(12)22/h2-9H,1H3. The zero-order chi connectivity index (χ0) is 19.1. The fourth-order valence-corrected chi connectivity index (χ4v) is 3.77. The summed E-state index contributed by atoms with van der Waals surface area (Å²) in [4.78, 5) is 39.8. The van der Waals surface area contributed by atoms with Gasteiger partial charge in [-0.15, -0.1) is 0 Å². The predicted molar refractivity (Wildman–Crippen MR) is 99.8 cm³/mol. The molecule has 0 saturated carbocycles. The number of non-ortho nitro benzene ring substituents is 1. The SMILES string of the molecule is Cn1c(=NC(=O)c2coc3ccccc3c2=O)sc2cc([N+](=O)[O-])ccc21. The number of hydrogen-bond donors (Lipinski definition) is 0. The lowest BCUT2D eigenvalue weighted by atomic mass is 10.2. The lowest BCUT2D eigenvalue weighted by Gasteiger charge is -1.98. The number of para-hydroxylation sites is 1. The Morgan fingerprint density at radius 2 is 2.04 bits per heavy atom. The van der Waals surface area contributed by atoms with Crippen LogP contribution in [-0.2, 0) is 7.05 Å². The van der Waals surface area contributed by atoms with E-state index in [9.17, 15) is 19.7 Å². The zero-order valence-corrected chi connectivity index (χ0v) is 14.7. The number of carbonyl (C=O) groups is 1. The Bertz CT molecular complexity index is 1360. The Morgan fingerprint density at radius 1 is 1.26 bits per heavy atom. The van der Waals surface area contributed by atoms with Crippen LogP contribution in [0, 0.1) is 10.1 Å². The van der Waals surface area contributed by atoms with Crippen LogP contribution < -0.4 is 10.2 Å². The molecular formula is C18H11N3O5S. The van der Waals surface area contributed by atoms with Crippen LogP contribution >= 0.6 is 11.3 Å². The van der Waals surface area contributed by atoms with Crippen LogP contribution in [0.2, 0.25) is 0 Å². The largest absolute Gasteiger partial charge is 0.463 e. The van der Waals surface area contributed by atoms with Gasteiger partial charge in [-0.3, -0.25) is 19.7 Å². The Labute approximate surface area is 154 Å². The van der Waals surface area contributed by atoms with Crippen molar-refractivity contribution in [2.45, 2.75) is 0 Å². The van der Waals surface area contributed by atoms with Crippen LogP contribution in [-0.4, -0.2) is 15.4 Å². The van der Waals surface area contributed by atoms with Crippen LogP contribution in [0.1, 0.15) is 10.4 Å². The lowest BCUT2D eigenvalue weighted by molar-refractivity contribution is -0.384. The Balaban J connectivity index is 1.85. The molecule has 2 aromatic carbocycles. The molecule has 9 heteroatoms. The number of amides is 1. The van der Waals surface area contributed by atoms with E-state index in [1.165, 1.54) is 12.1 Å². The number of nitro benzene ring substituents is 1. The average molecular weight is 381 g/mol. The summed E-state index contributed by atoms with van der Waals surface area (Å²) in [5.74, 6) is -0.730. The van der Waals surface area contributed by atoms with Crippen molar-refractivity contribution in [2.24, 2.45) is 12.0 Å². The fraction of sp³-hybridized carbons (Fsp3) is 0.0556. The molecule has 0 bridgehead atoms. The minimum absolute atomic E-state index is 0.0441. The summed E-state index contributed by atoms with van der Waals surface area (Å²) in [6.07, 6.45) is 1.11. The van der Waals surface area contributed by atoms with Crippen molar-refractivity contribution in [3.63, 3.8) is 0 Å². The van der Waals surface area contributed by atoms with Gasteiger partial charge in [-0.05, 0) is 18.2 Å². The highest BCUT2D eigenvalue weighted by Crippen LogP contribution is 2.22. The molecule has 0 saturated heterocycles. The summed E-state index contributed by atoms with van der Waals surface area (Å²) in [6, 6.07) is 11.0. The minimum Gasteiger partial charge on any atom is -0.463 e. The number of hydrogen-bond acceptors (Lipinski definition) is 6. The fourth-order valence-electron chi connectivity index (χ4n) is 2.72. The van der Waals surface area contributed by atoms with Gasteiger partial charge in [0.2, 0.25) is 5.43 Å². The second-order valence-electron chi connectivity index (χ2n) is 5.74. The maximum atomic E-state index is 12.5. The number of carbonyl (C=O) groups excluding carboxylic acids is 1. The first-order valence-corrected chi connectivity index (χ1v) is 8.61. The van der Waals surface area contributed by atoms with Crippen molar-refractivity contribution in [1.29, 1.82) is 0 Å². The van der Waals surface area contributed by atoms with E-state index in [1.54, 1.807) is 41.9 Å². The molecule has 0 aliphatic carbocycles. The monoisotopic (exact) mass is 381 g/mol. The molecule has 2 heterocycles. The summed E-state index contributed by atoms with van der Waals surface area (Å²) in [5.41, 5.74) is 0.418. The van der Waals surface area contributed by atoms with Gasteiger partial charge >= 0.3 is 0 Å². The molecule has 4 rings (SSSR count). The van der Waals surface area contributed by atoms with Crippen molar-refractivity contribution < 1.29 is 14.1 Å². The second kappa shape index (κ2) is 6.29. The Morgan fingerprint density at radius 3 is 2.81 bits per heavy atom. The van der Waals surface area contributed by atoms with Crippen LogP contribution in [0.25, 0.3) is 21.2 Å². The number of thiazole rings is 1. The molecule has 0 atom stereocenters.